The van der Waals surface area contributed by atoms with Crippen LogP contribution in [0.3, 0.4) is 0 Å². The summed E-state index contributed by atoms with van der Waals surface area (Å²) in [5.74, 6) is -0.591. The predicted molar refractivity (Wildman–Crippen MR) is 49.8 cm³/mol. The maximum absolute atomic E-state index is 13.1. The van der Waals surface area contributed by atoms with Gasteiger partial charge in [0.2, 0.25) is 0 Å². The van der Waals surface area contributed by atoms with E-state index in [1.165, 1.54) is 18.2 Å². The summed E-state index contributed by atoms with van der Waals surface area (Å²) in [5.41, 5.74) is 0.0995. The number of hydrogen-bond acceptors (Lipinski definition) is 1. The zero-order valence-corrected chi connectivity index (χ0v) is 9.03. The van der Waals surface area contributed by atoms with E-state index in [0.717, 1.165) is 0 Å². The van der Waals surface area contributed by atoms with Crippen molar-refractivity contribution in [2.75, 3.05) is 6.61 Å². The Morgan fingerprint density at radius 1 is 1.27 bits per heavy atom. The lowest BCUT2D eigenvalue weighted by molar-refractivity contribution is -0.176. The van der Waals surface area contributed by atoms with Gasteiger partial charge in [0, 0.05) is 10.0 Å². The second-order valence-electron chi connectivity index (χ2n) is 2.84. The molecule has 0 heterocycles. The van der Waals surface area contributed by atoms with Gasteiger partial charge < -0.3 is 4.74 Å². The summed E-state index contributed by atoms with van der Waals surface area (Å²) in [6, 6.07) is 4.08. The van der Waals surface area contributed by atoms with Crippen LogP contribution in [0.2, 0.25) is 0 Å². The van der Waals surface area contributed by atoms with Gasteiger partial charge in [0.25, 0.3) is 0 Å². The molecule has 1 aromatic rings. The minimum absolute atomic E-state index is 0.0995. The van der Waals surface area contributed by atoms with Gasteiger partial charge in [0.05, 0.1) is 6.61 Å². The molecule has 84 valence electrons. The van der Waals surface area contributed by atoms with E-state index in [-0.39, 0.29) is 5.56 Å². The molecule has 0 bridgehead atoms. The molecule has 0 aliphatic heterocycles. The summed E-state index contributed by atoms with van der Waals surface area (Å²) in [6.45, 7) is -1.76. The highest BCUT2D eigenvalue weighted by molar-refractivity contribution is 9.10. The first-order chi connectivity index (χ1) is 6.88. The van der Waals surface area contributed by atoms with Gasteiger partial charge in [-0.25, -0.2) is 4.39 Å². The molecular weight excluding hydrogens is 280 g/mol. The second kappa shape index (κ2) is 4.94. The Bertz CT molecular complexity index is 337. The number of halogens is 5. The summed E-state index contributed by atoms with van der Waals surface area (Å²) in [5, 5.41) is 0. The summed E-state index contributed by atoms with van der Waals surface area (Å²) in [7, 11) is 0. The summed E-state index contributed by atoms with van der Waals surface area (Å²) in [4.78, 5) is 0. The van der Waals surface area contributed by atoms with Crippen LogP contribution in [0.15, 0.2) is 22.7 Å². The lowest BCUT2D eigenvalue weighted by Gasteiger charge is -2.08. The fourth-order valence-electron chi connectivity index (χ4n) is 0.915. The van der Waals surface area contributed by atoms with E-state index in [1.54, 1.807) is 0 Å². The zero-order chi connectivity index (χ0) is 11.5. The van der Waals surface area contributed by atoms with Crippen LogP contribution in [0, 0.1) is 5.82 Å². The topological polar surface area (TPSA) is 9.23 Å². The van der Waals surface area contributed by atoms with Crippen molar-refractivity contribution >= 4 is 15.9 Å². The third-order valence-electron chi connectivity index (χ3n) is 1.54. The van der Waals surface area contributed by atoms with Gasteiger partial charge in [0.15, 0.2) is 0 Å². The molecule has 1 rings (SSSR count). The van der Waals surface area contributed by atoms with Crippen molar-refractivity contribution in [3.05, 3.63) is 34.1 Å². The van der Waals surface area contributed by atoms with Crippen molar-refractivity contribution in [3.8, 4) is 0 Å². The molecule has 0 amide bonds. The maximum Gasteiger partial charge on any atom is 0.411 e. The molecule has 0 saturated carbocycles. The van der Waals surface area contributed by atoms with Gasteiger partial charge in [-0.3, -0.25) is 0 Å². The molecule has 0 atom stereocenters. The largest absolute Gasteiger partial charge is 0.411 e. The number of rotatable bonds is 3. The average molecular weight is 287 g/mol. The highest BCUT2D eigenvalue weighted by Gasteiger charge is 2.27. The molecule has 0 fully saturated rings. The maximum atomic E-state index is 13.1. The molecular formula is C9H7BrF4O. The van der Waals surface area contributed by atoms with Crippen molar-refractivity contribution < 1.29 is 22.3 Å². The molecule has 0 unspecified atom stereocenters. The number of benzene rings is 1. The van der Waals surface area contributed by atoms with Crippen LogP contribution in [-0.2, 0) is 11.3 Å². The molecule has 0 aliphatic carbocycles. The summed E-state index contributed by atoms with van der Waals surface area (Å²) < 4.78 is 53.0. The van der Waals surface area contributed by atoms with Crippen molar-refractivity contribution in [2.24, 2.45) is 0 Å². The third kappa shape index (κ3) is 4.61. The van der Waals surface area contributed by atoms with Crippen molar-refractivity contribution in [3.63, 3.8) is 0 Å². The second-order valence-corrected chi connectivity index (χ2v) is 3.76. The highest BCUT2D eigenvalue weighted by Crippen LogP contribution is 2.18. The van der Waals surface area contributed by atoms with Crippen LogP contribution < -0.4 is 0 Å². The Labute approximate surface area is 92.2 Å². The molecule has 0 aliphatic rings. The van der Waals surface area contributed by atoms with E-state index in [9.17, 15) is 17.6 Å². The molecule has 0 aromatic heterocycles. The molecule has 0 N–H and O–H groups in total. The number of alkyl halides is 3. The van der Waals surface area contributed by atoms with E-state index >= 15 is 0 Å². The van der Waals surface area contributed by atoms with Crippen LogP contribution in [0.4, 0.5) is 17.6 Å². The van der Waals surface area contributed by atoms with Crippen LogP contribution in [0.5, 0.6) is 0 Å². The quantitative estimate of drug-likeness (QED) is 0.771. The molecule has 0 saturated heterocycles. The molecule has 1 aromatic carbocycles. The Morgan fingerprint density at radius 3 is 2.47 bits per heavy atom. The Hall–Kier alpha value is -0.620. The summed E-state index contributed by atoms with van der Waals surface area (Å²) >= 11 is 3.04. The summed E-state index contributed by atoms with van der Waals surface area (Å²) in [6.07, 6.45) is -4.38. The Kier molecular flexibility index (Phi) is 4.10. The van der Waals surface area contributed by atoms with Gasteiger partial charge in [0.1, 0.15) is 12.4 Å². The first-order valence-electron chi connectivity index (χ1n) is 3.97. The van der Waals surface area contributed by atoms with Crippen molar-refractivity contribution in [1.29, 1.82) is 0 Å². The Balaban J connectivity index is 2.51. The van der Waals surface area contributed by atoms with Gasteiger partial charge in [-0.2, -0.15) is 13.2 Å². The van der Waals surface area contributed by atoms with Gasteiger partial charge in [-0.15, -0.1) is 0 Å². The number of hydrogen-bond donors (Lipinski definition) is 0. The minimum atomic E-state index is -4.38. The highest BCUT2D eigenvalue weighted by atomic mass is 79.9. The SMILES string of the molecule is Fc1cc(Br)ccc1COCC(F)(F)F. The third-order valence-corrected chi connectivity index (χ3v) is 2.03. The van der Waals surface area contributed by atoms with E-state index in [0.29, 0.717) is 4.47 Å². The fourth-order valence-corrected chi connectivity index (χ4v) is 1.25. The smallest absolute Gasteiger partial charge is 0.367 e. The standard InChI is InChI=1S/C9H7BrF4O/c10-7-2-1-6(8(11)3-7)4-15-5-9(12,13)14/h1-3H,4-5H2. The average Bonchev–Trinajstić information content (AvgIpc) is 2.07. The predicted octanol–water partition coefficient (Wildman–Crippen LogP) is 3.67. The first-order valence-corrected chi connectivity index (χ1v) is 4.76. The molecule has 6 heteroatoms. The van der Waals surface area contributed by atoms with Crippen molar-refractivity contribution in [2.45, 2.75) is 12.8 Å². The molecule has 15 heavy (non-hydrogen) atoms. The lowest BCUT2D eigenvalue weighted by Crippen LogP contribution is -2.16. The Morgan fingerprint density at radius 2 is 1.93 bits per heavy atom. The fraction of sp³-hybridized carbons (Fsp3) is 0.333. The van der Waals surface area contributed by atoms with E-state index in [2.05, 4.69) is 20.7 Å². The van der Waals surface area contributed by atoms with Crippen LogP contribution in [0.1, 0.15) is 5.56 Å². The first kappa shape index (κ1) is 12.4. The van der Waals surface area contributed by atoms with Gasteiger partial charge in [-0.05, 0) is 12.1 Å². The molecule has 0 spiro atoms. The zero-order valence-electron chi connectivity index (χ0n) is 7.44. The van der Waals surface area contributed by atoms with E-state index < -0.39 is 25.2 Å². The van der Waals surface area contributed by atoms with Gasteiger partial charge >= 0.3 is 6.18 Å². The van der Waals surface area contributed by atoms with Crippen LogP contribution >= 0.6 is 15.9 Å². The number of ether oxygens (including phenoxy) is 1. The van der Waals surface area contributed by atoms with Crippen LogP contribution in [0.25, 0.3) is 0 Å². The van der Waals surface area contributed by atoms with E-state index in [1.807, 2.05) is 0 Å². The minimum Gasteiger partial charge on any atom is -0.367 e. The van der Waals surface area contributed by atoms with Crippen molar-refractivity contribution in [1.82, 2.24) is 0 Å². The normalized spacial score (nSPS) is 11.8. The van der Waals surface area contributed by atoms with Crippen LogP contribution in [-0.4, -0.2) is 12.8 Å². The molecule has 0 radical (unpaired) electrons. The molecule has 1 nitrogen and oxygen atoms in total. The van der Waals surface area contributed by atoms with E-state index in [4.69, 9.17) is 0 Å². The monoisotopic (exact) mass is 286 g/mol. The van der Waals surface area contributed by atoms with Gasteiger partial charge in [-0.1, -0.05) is 22.0 Å². The lowest BCUT2D eigenvalue weighted by atomic mass is 10.2.